The van der Waals surface area contributed by atoms with Gasteiger partial charge in [-0.2, -0.15) is 5.26 Å². The van der Waals surface area contributed by atoms with Gasteiger partial charge >= 0.3 is 0 Å². The third kappa shape index (κ3) is 3.43. The van der Waals surface area contributed by atoms with Gasteiger partial charge in [-0.25, -0.2) is 4.39 Å². The Balaban J connectivity index is 2.10. The molecule has 0 aliphatic carbocycles. The van der Waals surface area contributed by atoms with E-state index in [1.165, 1.54) is 18.2 Å². The molecule has 0 bridgehead atoms. The summed E-state index contributed by atoms with van der Waals surface area (Å²) in [7, 11) is 0. The van der Waals surface area contributed by atoms with Gasteiger partial charge in [-0.3, -0.25) is 4.79 Å². The number of nitriles is 1. The van der Waals surface area contributed by atoms with Gasteiger partial charge in [0.15, 0.2) is 6.10 Å². The molecule has 1 amide bonds. The quantitative estimate of drug-likeness (QED) is 0.775. The van der Waals surface area contributed by atoms with Crippen LogP contribution in [0.1, 0.15) is 12.5 Å². The molecular weight excluding hydrogens is 259 g/mol. The maximum atomic E-state index is 13.1. The Labute approximate surface area is 117 Å². The molecule has 1 aliphatic rings. The predicted molar refractivity (Wildman–Crippen MR) is 72.0 cm³/mol. The van der Waals surface area contributed by atoms with Crippen LogP contribution in [-0.4, -0.2) is 36.6 Å². The van der Waals surface area contributed by atoms with Gasteiger partial charge in [0.1, 0.15) is 5.82 Å². The van der Waals surface area contributed by atoms with Crippen molar-refractivity contribution in [1.82, 2.24) is 4.90 Å². The average molecular weight is 274 g/mol. The first-order valence-electron chi connectivity index (χ1n) is 6.34. The van der Waals surface area contributed by atoms with Crippen molar-refractivity contribution in [2.24, 2.45) is 0 Å². The van der Waals surface area contributed by atoms with Gasteiger partial charge in [0, 0.05) is 12.6 Å². The van der Waals surface area contributed by atoms with Crippen LogP contribution in [0.15, 0.2) is 30.3 Å². The number of ether oxygens (including phenoxy) is 1. The van der Waals surface area contributed by atoms with Crippen molar-refractivity contribution in [1.29, 1.82) is 5.26 Å². The minimum Gasteiger partial charge on any atom is -0.360 e. The van der Waals surface area contributed by atoms with Crippen molar-refractivity contribution in [2.75, 3.05) is 19.7 Å². The zero-order chi connectivity index (χ0) is 14.5. The summed E-state index contributed by atoms with van der Waals surface area (Å²) in [6.45, 7) is 2.85. The zero-order valence-corrected chi connectivity index (χ0v) is 11.2. The van der Waals surface area contributed by atoms with Gasteiger partial charge in [0.2, 0.25) is 5.91 Å². The van der Waals surface area contributed by atoms with E-state index in [4.69, 9.17) is 10.00 Å². The summed E-state index contributed by atoms with van der Waals surface area (Å²) in [5.41, 5.74) is 1.36. The Bertz CT molecular complexity index is 577. The highest BCUT2D eigenvalue weighted by atomic mass is 19.1. The Hall–Kier alpha value is -2.19. The maximum absolute atomic E-state index is 13.1. The van der Waals surface area contributed by atoms with Gasteiger partial charge < -0.3 is 9.64 Å². The fourth-order valence-corrected chi connectivity index (χ4v) is 2.02. The fourth-order valence-electron chi connectivity index (χ4n) is 2.02. The molecule has 20 heavy (non-hydrogen) atoms. The molecule has 1 atom stereocenters. The van der Waals surface area contributed by atoms with Crippen LogP contribution < -0.4 is 0 Å². The Morgan fingerprint density at radius 3 is 3.10 bits per heavy atom. The molecular formula is C15H15FN2O2. The summed E-state index contributed by atoms with van der Waals surface area (Å²) in [5.74, 6) is -0.520. The van der Waals surface area contributed by atoms with Crippen LogP contribution in [0.4, 0.5) is 4.39 Å². The molecule has 0 saturated carbocycles. The zero-order valence-electron chi connectivity index (χ0n) is 11.2. The van der Waals surface area contributed by atoms with Crippen LogP contribution in [0.3, 0.4) is 0 Å². The van der Waals surface area contributed by atoms with Crippen molar-refractivity contribution in [2.45, 2.75) is 13.0 Å². The molecule has 0 radical (unpaired) electrons. The van der Waals surface area contributed by atoms with E-state index < -0.39 is 6.10 Å². The second-order valence-corrected chi connectivity index (χ2v) is 4.61. The lowest BCUT2D eigenvalue weighted by Crippen LogP contribution is -2.44. The Morgan fingerprint density at radius 2 is 2.40 bits per heavy atom. The first kappa shape index (κ1) is 14.2. The van der Waals surface area contributed by atoms with E-state index in [2.05, 4.69) is 0 Å². The van der Waals surface area contributed by atoms with E-state index >= 15 is 0 Å². The summed E-state index contributed by atoms with van der Waals surface area (Å²) >= 11 is 0. The predicted octanol–water partition coefficient (Wildman–Crippen LogP) is 1.98. The Kier molecular flexibility index (Phi) is 4.49. The highest BCUT2D eigenvalue weighted by molar-refractivity contribution is 5.94. The summed E-state index contributed by atoms with van der Waals surface area (Å²) in [5, 5.41) is 8.81. The first-order valence-corrected chi connectivity index (χ1v) is 6.34. The molecule has 1 heterocycles. The standard InChI is InChI=1S/C15H15FN2O2/c1-11(12-3-2-4-13(16)8-12)7-15(19)18-5-6-20-14(9-17)10-18/h2-4,7-8,14H,5-6,10H2,1H3/b11-7+/t14-/m0/s1. The molecule has 5 heteroatoms. The van der Waals surface area contributed by atoms with Crippen LogP contribution in [-0.2, 0) is 9.53 Å². The van der Waals surface area contributed by atoms with E-state index in [1.54, 1.807) is 24.0 Å². The molecule has 0 aromatic heterocycles. The van der Waals surface area contributed by atoms with E-state index in [9.17, 15) is 9.18 Å². The topological polar surface area (TPSA) is 53.3 Å². The molecule has 0 unspecified atom stereocenters. The molecule has 2 rings (SSSR count). The molecule has 1 fully saturated rings. The summed E-state index contributed by atoms with van der Waals surface area (Å²) in [6.07, 6.45) is 0.893. The fraction of sp³-hybridized carbons (Fsp3) is 0.333. The number of hydrogen-bond acceptors (Lipinski definition) is 3. The van der Waals surface area contributed by atoms with E-state index in [-0.39, 0.29) is 18.3 Å². The summed E-state index contributed by atoms with van der Waals surface area (Å²) < 4.78 is 18.3. The van der Waals surface area contributed by atoms with Crippen molar-refractivity contribution in [3.63, 3.8) is 0 Å². The maximum Gasteiger partial charge on any atom is 0.247 e. The number of carbonyl (C=O) groups is 1. The number of morpholine rings is 1. The number of hydrogen-bond donors (Lipinski definition) is 0. The molecule has 0 N–H and O–H groups in total. The van der Waals surface area contributed by atoms with Crippen LogP contribution in [0.2, 0.25) is 0 Å². The molecule has 1 aliphatic heterocycles. The molecule has 1 aromatic rings. The van der Waals surface area contributed by atoms with Gasteiger partial charge in [0.05, 0.1) is 19.2 Å². The van der Waals surface area contributed by atoms with Gasteiger partial charge in [-0.05, 0) is 30.2 Å². The average Bonchev–Trinajstić information content (AvgIpc) is 2.47. The molecule has 1 aromatic carbocycles. The van der Waals surface area contributed by atoms with Crippen molar-refractivity contribution >= 4 is 11.5 Å². The number of amides is 1. The number of nitrogens with zero attached hydrogens (tertiary/aromatic N) is 2. The van der Waals surface area contributed by atoms with E-state index in [0.29, 0.717) is 24.3 Å². The highest BCUT2D eigenvalue weighted by Gasteiger charge is 2.22. The third-order valence-electron chi connectivity index (χ3n) is 3.14. The van der Waals surface area contributed by atoms with Gasteiger partial charge in [-0.15, -0.1) is 0 Å². The largest absolute Gasteiger partial charge is 0.360 e. The van der Waals surface area contributed by atoms with Gasteiger partial charge in [0.25, 0.3) is 0 Å². The SMILES string of the molecule is C/C(=C\C(=O)N1CCO[C@@H](C#N)C1)c1cccc(F)c1. The molecule has 104 valence electrons. The third-order valence-corrected chi connectivity index (χ3v) is 3.14. The second-order valence-electron chi connectivity index (χ2n) is 4.61. The first-order chi connectivity index (χ1) is 9.60. The Morgan fingerprint density at radius 1 is 1.60 bits per heavy atom. The van der Waals surface area contributed by atoms with Crippen molar-refractivity contribution in [3.05, 3.63) is 41.7 Å². The van der Waals surface area contributed by atoms with Crippen molar-refractivity contribution in [3.8, 4) is 6.07 Å². The lowest BCUT2D eigenvalue weighted by atomic mass is 10.1. The van der Waals surface area contributed by atoms with Crippen LogP contribution in [0, 0.1) is 17.1 Å². The number of carbonyl (C=O) groups excluding carboxylic acids is 1. The monoisotopic (exact) mass is 274 g/mol. The number of allylic oxidation sites excluding steroid dienone is 1. The van der Waals surface area contributed by atoms with E-state index in [1.807, 2.05) is 6.07 Å². The smallest absolute Gasteiger partial charge is 0.247 e. The van der Waals surface area contributed by atoms with Crippen LogP contribution >= 0.6 is 0 Å². The number of benzene rings is 1. The lowest BCUT2D eigenvalue weighted by molar-refractivity contribution is -0.131. The second kappa shape index (κ2) is 6.31. The summed E-state index contributed by atoms with van der Waals surface area (Å²) in [4.78, 5) is 13.7. The van der Waals surface area contributed by atoms with Crippen LogP contribution in [0.5, 0.6) is 0 Å². The number of halogens is 1. The minimum atomic E-state index is -0.574. The van der Waals surface area contributed by atoms with Crippen molar-refractivity contribution < 1.29 is 13.9 Å². The normalized spacial score (nSPS) is 19.6. The van der Waals surface area contributed by atoms with Gasteiger partial charge in [-0.1, -0.05) is 12.1 Å². The van der Waals surface area contributed by atoms with Crippen LogP contribution in [0.25, 0.3) is 5.57 Å². The minimum absolute atomic E-state index is 0.185. The number of rotatable bonds is 2. The molecule has 0 spiro atoms. The van der Waals surface area contributed by atoms with E-state index in [0.717, 1.165) is 0 Å². The molecule has 4 nitrogen and oxygen atoms in total. The highest BCUT2D eigenvalue weighted by Crippen LogP contribution is 2.16. The summed E-state index contributed by atoms with van der Waals surface area (Å²) in [6, 6.07) is 8.09. The molecule has 1 saturated heterocycles. The lowest BCUT2D eigenvalue weighted by Gasteiger charge is -2.29.